The van der Waals surface area contributed by atoms with Gasteiger partial charge >= 0.3 is 0 Å². The molecule has 0 bridgehead atoms. The molecule has 2 aromatic carbocycles. The molecule has 2 heterocycles. The summed E-state index contributed by atoms with van der Waals surface area (Å²) >= 11 is 0. The number of aromatic nitrogens is 4. The zero-order chi connectivity index (χ0) is 14.9. The van der Waals surface area contributed by atoms with Gasteiger partial charge in [-0.25, -0.2) is 9.97 Å². The zero-order valence-corrected chi connectivity index (χ0v) is 12.0. The van der Waals surface area contributed by atoms with Gasteiger partial charge < -0.3 is 14.7 Å². The van der Waals surface area contributed by atoms with Crippen molar-refractivity contribution < 1.29 is 4.74 Å². The summed E-state index contributed by atoms with van der Waals surface area (Å²) in [6.45, 7) is 0. The molecule has 5 nitrogen and oxygen atoms in total. The van der Waals surface area contributed by atoms with Crippen LogP contribution in [0.1, 0.15) is 0 Å². The number of benzene rings is 2. The largest absolute Gasteiger partial charge is 0.497 e. The van der Waals surface area contributed by atoms with Crippen molar-refractivity contribution in [2.24, 2.45) is 0 Å². The Bertz CT molecular complexity index is 925. The second kappa shape index (κ2) is 5.04. The Hall–Kier alpha value is -3.08. The maximum atomic E-state index is 5.26. The molecule has 0 aliphatic carbocycles. The minimum absolute atomic E-state index is 0.807. The van der Waals surface area contributed by atoms with Gasteiger partial charge in [-0.2, -0.15) is 0 Å². The monoisotopic (exact) mass is 290 g/mol. The normalized spacial score (nSPS) is 11.0. The highest BCUT2D eigenvalue weighted by Crippen LogP contribution is 2.30. The lowest BCUT2D eigenvalue weighted by molar-refractivity contribution is 0.415. The van der Waals surface area contributed by atoms with Gasteiger partial charge in [-0.3, -0.25) is 0 Å². The van der Waals surface area contributed by atoms with Crippen LogP contribution in [-0.4, -0.2) is 27.0 Å². The third-order valence-electron chi connectivity index (χ3n) is 3.62. The number of fused-ring (bicyclic) bond motifs is 1. The fourth-order valence-electron chi connectivity index (χ4n) is 2.55. The average Bonchev–Trinajstić information content (AvgIpc) is 3.23. The number of aromatic amines is 2. The number of rotatable bonds is 3. The summed E-state index contributed by atoms with van der Waals surface area (Å²) in [5.41, 5.74) is 3.87. The quantitative estimate of drug-likeness (QED) is 0.605. The first-order chi connectivity index (χ1) is 10.8. The maximum Gasteiger partial charge on any atom is 0.139 e. The summed E-state index contributed by atoms with van der Waals surface area (Å²) in [5, 5.41) is 0. The van der Waals surface area contributed by atoms with Gasteiger partial charge in [0, 0.05) is 29.6 Å². The number of H-pyrrole nitrogens is 2. The molecule has 0 unspecified atom stereocenters. The van der Waals surface area contributed by atoms with Gasteiger partial charge in [0.25, 0.3) is 0 Å². The van der Waals surface area contributed by atoms with Crippen molar-refractivity contribution >= 4 is 11.0 Å². The van der Waals surface area contributed by atoms with Crippen molar-refractivity contribution in [1.82, 2.24) is 19.9 Å². The minimum atomic E-state index is 0.807. The van der Waals surface area contributed by atoms with E-state index < -0.39 is 0 Å². The SMILES string of the molecule is COc1ccc2nc(-c3ccccc3-c3ncc[nH]3)[nH]c2c1. The second-order valence-corrected chi connectivity index (χ2v) is 4.95. The molecule has 2 aromatic heterocycles. The number of ether oxygens (including phenoxy) is 1. The number of nitrogens with zero attached hydrogens (tertiary/aromatic N) is 2. The average molecular weight is 290 g/mol. The van der Waals surface area contributed by atoms with Crippen molar-refractivity contribution in [3.63, 3.8) is 0 Å². The molecule has 4 aromatic rings. The lowest BCUT2D eigenvalue weighted by Crippen LogP contribution is -1.88. The van der Waals surface area contributed by atoms with Gasteiger partial charge in [-0.05, 0) is 12.1 Å². The van der Waals surface area contributed by atoms with E-state index in [-0.39, 0.29) is 0 Å². The van der Waals surface area contributed by atoms with E-state index in [1.54, 1.807) is 13.3 Å². The summed E-state index contributed by atoms with van der Waals surface area (Å²) in [5.74, 6) is 2.45. The first-order valence-electron chi connectivity index (χ1n) is 6.98. The van der Waals surface area contributed by atoms with Gasteiger partial charge in [0.1, 0.15) is 17.4 Å². The highest BCUT2D eigenvalue weighted by Gasteiger charge is 2.12. The van der Waals surface area contributed by atoms with E-state index in [1.807, 2.05) is 48.7 Å². The van der Waals surface area contributed by atoms with Crippen LogP contribution >= 0.6 is 0 Å². The highest BCUT2D eigenvalue weighted by atomic mass is 16.5. The molecule has 0 aliphatic rings. The topological polar surface area (TPSA) is 66.6 Å². The number of methoxy groups -OCH3 is 1. The molecule has 0 amide bonds. The summed E-state index contributed by atoms with van der Waals surface area (Å²) in [6.07, 6.45) is 3.56. The Morgan fingerprint density at radius 1 is 1.00 bits per heavy atom. The summed E-state index contributed by atoms with van der Waals surface area (Å²) in [4.78, 5) is 15.5. The fourth-order valence-corrected chi connectivity index (χ4v) is 2.55. The standard InChI is InChI=1S/C17H14N4O/c1-22-11-6-7-14-15(10-11)21-17(20-14)13-5-3-2-4-12(13)16-18-8-9-19-16/h2-10H,1H3,(H,18,19)(H,20,21). The third kappa shape index (κ3) is 2.03. The Balaban J connectivity index is 1.89. The van der Waals surface area contributed by atoms with E-state index in [9.17, 15) is 0 Å². The molecular weight excluding hydrogens is 276 g/mol. The highest BCUT2D eigenvalue weighted by molar-refractivity contribution is 5.84. The molecule has 0 saturated heterocycles. The Morgan fingerprint density at radius 3 is 2.55 bits per heavy atom. The molecule has 108 valence electrons. The minimum Gasteiger partial charge on any atom is -0.497 e. The van der Waals surface area contributed by atoms with Gasteiger partial charge in [0.05, 0.1) is 18.1 Å². The van der Waals surface area contributed by atoms with Crippen LogP contribution in [0.4, 0.5) is 0 Å². The third-order valence-corrected chi connectivity index (χ3v) is 3.62. The van der Waals surface area contributed by atoms with Crippen LogP contribution in [-0.2, 0) is 0 Å². The molecule has 2 N–H and O–H groups in total. The van der Waals surface area contributed by atoms with E-state index in [0.29, 0.717) is 0 Å². The van der Waals surface area contributed by atoms with E-state index in [0.717, 1.165) is 39.6 Å². The molecule has 0 atom stereocenters. The number of hydrogen-bond acceptors (Lipinski definition) is 3. The molecule has 0 aliphatic heterocycles. The molecule has 0 spiro atoms. The predicted molar refractivity (Wildman–Crippen MR) is 85.7 cm³/mol. The van der Waals surface area contributed by atoms with Crippen molar-refractivity contribution in [1.29, 1.82) is 0 Å². The van der Waals surface area contributed by atoms with Crippen molar-refractivity contribution in [2.75, 3.05) is 7.11 Å². The van der Waals surface area contributed by atoms with E-state index in [4.69, 9.17) is 4.74 Å². The van der Waals surface area contributed by atoms with Gasteiger partial charge in [-0.15, -0.1) is 0 Å². The molecule has 0 saturated carbocycles. The van der Waals surface area contributed by atoms with Gasteiger partial charge in [0.15, 0.2) is 0 Å². The summed E-state index contributed by atoms with van der Waals surface area (Å²) in [7, 11) is 1.66. The lowest BCUT2D eigenvalue weighted by Gasteiger charge is -2.04. The molecule has 4 rings (SSSR count). The van der Waals surface area contributed by atoms with Gasteiger partial charge in [-0.1, -0.05) is 24.3 Å². The van der Waals surface area contributed by atoms with E-state index >= 15 is 0 Å². The van der Waals surface area contributed by atoms with Crippen LogP contribution in [0.3, 0.4) is 0 Å². The van der Waals surface area contributed by atoms with Crippen LogP contribution in [0.2, 0.25) is 0 Å². The maximum absolute atomic E-state index is 5.26. The van der Waals surface area contributed by atoms with Crippen LogP contribution in [0.5, 0.6) is 5.75 Å². The summed E-state index contributed by atoms with van der Waals surface area (Å²) in [6, 6.07) is 13.9. The van der Waals surface area contributed by atoms with Crippen molar-refractivity contribution in [3.05, 3.63) is 54.9 Å². The number of imidazole rings is 2. The Morgan fingerprint density at radius 2 is 1.82 bits per heavy atom. The van der Waals surface area contributed by atoms with Gasteiger partial charge in [0.2, 0.25) is 0 Å². The van der Waals surface area contributed by atoms with Crippen molar-refractivity contribution in [3.8, 4) is 28.5 Å². The first-order valence-corrected chi connectivity index (χ1v) is 6.98. The summed E-state index contributed by atoms with van der Waals surface area (Å²) < 4.78 is 5.26. The number of hydrogen-bond donors (Lipinski definition) is 2. The molecular formula is C17H14N4O. The lowest BCUT2D eigenvalue weighted by atomic mass is 10.1. The zero-order valence-electron chi connectivity index (χ0n) is 12.0. The fraction of sp³-hybridized carbons (Fsp3) is 0.0588. The van der Waals surface area contributed by atoms with Crippen LogP contribution < -0.4 is 4.74 Å². The van der Waals surface area contributed by atoms with Crippen LogP contribution in [0, 0.1) is 0 Å². The molecule has 5 heteroatoms. The Kier molecular flexibility index (Phi) is 2.89. The van der Waals surface area contributed by atoms with E-state index in [2.05, 4.69) is 19.9 Å². The second-order valence-electron chi connectivity index (χ2n) is 4.95. The molecule has 0 radical (unpaired) electrons. The Labute approximate surface area is 127 Å². The van der Waals surface area contributed by atoms with Crippen LogP contribution in [0.25, 0.3) is 33.8 Å². The first kappa shape index (κ1) is 12.6. The number of nitrogens with one attached hydrogen (secondary N) is 2. The van der Waals surface area contributed by atoms with Crippen LogP contribution in [0.15, 0.2) is 54.9 Å². The molecule has 0 fully saturated rings. The predicted octanol–water partition coefficient (Wildman–Crippen LogP) is 3.63. The molecule has 22 heavy (non-hydrogen) atoms. The van der Waals surface area contributed by atoms with E-state index in [1.165, 1.54) is 0 Å². The smallest absolute Gasteiger partial charge is 0.139 e. The van der Waals surface area contributed by atoms with Crippen molar-refractivity contribution in [2.45, 2.75) is 0 Å².